The Bertz CT molecular complexity index is 433. The summed E-state index contributed by atoms with van der Waals surface area (Å²) in [6, 6.07) is 8.74. The number of nitrogens with zero attached hydrogens (tertiary/aromatic N) is 2. The molecule has 22 heavy (non-hydrogen) atoms. The molecule has 1 rings (SSSR count). The van der Waals surface area contributed by atoms with Crippen molar-refractivity contribution in [2.24, 2.45) is 10.9 Å². The molecule has 0 aliphatic heterocycles. The Morgan fingerprint density at radius 3 is 2.14 bits per heavy atom. The fourth-order valence-electron chi connectivity index (χ4n) is 2.35. The molecule has 0 aromatic heterocycles. The molecule has 0 saturated heterocycles. The van der Waals surface area contributed by atoms with Crippen LogP contribution in [0.1, 0.15) is 37.8 Å². The standard InChI is InChI=1S/C18H32N4/c1-6-15(7-2)12-20-18(19-3)21-13-16-8-10-17(11-9-16)14-22(4)5/h8-11,15H,6-7,12-14H2,1-5H3,(H2,19,20,21). The van der Waals surface area contributed by atoms with E-state index in [4.69, 9.17) is 0 Å². The van der Waals surface area contributed by atoms with Crippen LogP contribution in [0, 0.1) is 5.92 Å². The summed E-state index contributed by atoms with van der Waals surface area (Å²) < 4.78 is 0. The summed E-state index contributed by atoms with van der Waals surface area (Å²) in [5.74, 6) is 1.59. The monoisotopic (exact) mass is 304 g/mol. The number of guanidine groups is 1. The molecule has 0 amide bonds. The molecular formula is C18H32N4. The quantitative estimate of drug-likeness (QED) is 0.573. The fourth-order valence-corrected chi connectivity index (χ4v) is 2.35. The molecule has 0 atom stereocenters. The van der Waals surface area contributed by atoms with E-state index < -0.39 is 0 Å². The zero-order valence-electron chi connectivity index (χ0n) is 14.8. The van der Waals surface area contributed by atoms with Crippen LogP contribution in [-0.2, 0) is 13.1 Å². The summed E-state index contributed by atoms with van der Waals surface area (Å²) in [6.45, 7) is 7.23. The zero-order chi connectivity index (χ0) is 16.4. The molecule has 0 radical (unpaired) electrons. The average Bonchev–Trinajstić information content (AvgIpc) is 2.52. The summed E-state index contributed by atoms with van der Waals surface area (Å²) in [5, 5.41) is 6.79. The Hall–Kier alpha value is -1.55. The molecule has 0 unspecified atom stereocenters. The highest BCUT2D eigenvalue weighted by Gasteiger charge is 2.05. The SMILES string of the molecule is CCC(CC)CNC(=NC)NCc1ccc(CN(C)C)cc1. The lowest BCUT2D eigenvalue weighted by atomic mass is 10.0. The maximum Gasteiger partial charge on any atom is 0.191 e. The van der Waals surface area contributed by atoms with E-state index in [9.17, 15) is 0 Å². The van der Waals surface area contributed by atoms with Gasteiger partial charge in [0, 0.05) is 26.7 Å². The summed E-state index contributed by atoms with van der Waals surface area (Å²) in [5.41, 5.74) is 2.61. The number of benzene rings is 1. The molecule has 2 N–H and O–H groups in total. The van der Waals surface area contributed by atoms with Crippen LogP contribution in [0.3, 0.4) is 0 Å². The number of hydrogen-bond donors (Lipinski definition) is 2. The number of aliphatic imine (C=N–C) groups is 1. The van der Waals surface area contributed by atoms with Gasteiger partial charge in [0.2, 0.25) is 0 Å². The van der Waals surface area contributed by atoms with E-state index in [1.54, 1.807) is 0 Å². The molecule has 4 heteroatoms. The van der Waals surface area contributed by atoms with Crippen LogP contribution in [0.4, 0.5) is 0 Å². The normalized spacial score (nSPS) is 12.0. The van der Waals surface area contributed by atoms with Crippen LogP contribution >= 0.6 is 0 Å². The molecule has 0 aliphatic carbocycles. The third-order valence-electron chi connectivity index (χ3n) is 3.92. The fraction of sp³-hybridized carbons (Fsp3) is 0.611. The smallest absolute Gasteiger partial charge is 0.191 e. The molecule has 0 aliphatic rings. The first kappa shape index (κ1) is 18.5. The van der Waals surface area contributed by atoms with Crippen LogP contribution in [0.5, 0.6) is 0 Å². The van der Waals surface area contributed by atoms with Crippen molar-refractivity contribution < 1.29 is 0 Å². The maximum atomic E-state index is 4.29. The van der Waals surface area contributed by atoms with Gasteiger partial charge in [-0.2, -0.15) is 0 Å². The van der Waals surface area contributed by atoms with Gasteiger partial charge in [-0.05, 0) is 31.1 Å². The van der Waals surface area contributed by atoms with Crippen LogP contribution < -0.4 is 10.6 Å². The lowest BCUT2D eigenvalue weighted by Gasteiger charge is -2.17. The highest BCUT2D eigenvalue weighted by Crippen LogP contribution is 2.06. The maximum absolute atomic E-state index is 4.29. The lowest BCUT2D eigenvalue weighted by Crippen LogP contribution is -2.39. The number of nitrogens with one attached hydrogen (secondary N) is 2. The van der Waals surface area contributed by atoms with Crippen molar-refractivity contribution >= 4 is 5.96 Å². The summed E-state index contributed by atoms with van der Waals surface area (Å²) >= 11 is 0. The third kappa shape index (κ3) is 6.94. The van der Waals surface area contributed by atoms with E-state index >= 15 is 0 Å². The minimum atomic E-state index is 0.712. The van der Waals surface area contributed by atoms with Crippen LogP contribution in [-0.4, -0.2) is 38.5 Å². The molecule has 0 heterocycles. The van der Waals surface area contributed by atoms with Gasteiger partial charge in [-0.15, -0.1) is 0 Å². The van der Waals surface area contributed by atoms with Gasteiger partial charge in [0.1, 0.15) is 0 Å². The third-order valence-corrected chi connectivity index (χ3v) is 3.92. The van der Waals surface area contributed by atoms with E-state index in [-0.39, 0.29) is 0 Å². The molecule has 0 spiro atoms. The molecule has 4 nitrogen and oxygen atoms in total. The second-order valence-corrected chi connectivity index (χ2v) is 6.04. The molecule has 124 valence electrons. The Kier molecular flexibility index (Phi) is 8.60. The van der Waals surface area contributed by atoms with Gasteiger partial charge in [-0.25, -0.2) is 0 Å². The van der Waals surface area contributed by atoms with Crippen molar-refractivity contribution in [1.29, 1.82) is 0 Å². The first-order valence-corrected chi connectivity index (χ1v) is 8.26. The Labute approximate surface area is 136 Å². The molecule has 0 fully saturated rings. The summed E-state index contributed by atoms with van der Waals surface area (Å²) in [4.78, 5) is 6.47. The van der Waals surface area contributed by atoms with E-state index in [1.807, 2.05) is 7.05 Å². The molecule has 1 aromatic rings. The van der Waals surface area contributed by atoms with Crippen molar-refractivity contribution in [2.45, 2.75) is 39.8 Å². The predicted molar refractivity (Wildman–Crippen MR) is 96.1 cm³/mol. The average molecular weight is 304 g/mol. The Morgan fingerprint density at radius 1 is 1.05 bits per heavy atom. The van der Waals surface area contributed by atoms with Gasteiger partial charge in [0.25, 0.3) is 0 Å². The Morgan fingerprint density at radius 2 is 1.64 bits per heavy atom. The predicted octanol–water partition coefficient (Wildman–Crippen LogP) is 2.85. The lowest BCUT2D eigenvalue weighted by molar-refractivity contribution is 0.402. The first-order chi connectivity index (χ1) is 10.6. The number of hydrogen-bond acceptors (Lipinski definition) is 2. The zero-order valence-corrected chi connectivity index (χ0v) is 14.8. The summed E-state index contributed by atoms with van der Waals surface area (Å²) in [6.07, 6.45) is 2.40. The van der Waals surface area contributed by atoms with E-state index in [0.29, 0.717) is 5.92 Å². The summed E-state index contributed by atoms with van der Waals surface area (Å²) in [7, 11) is 6.00. The van der Waals surface area contributed by atoms with Crippen molar-refractivity contribution in [3.05, 3.63) is 35.4 Å². The second kappa shape index (κ2) is 10.2. The van der Waals surface area contributed by atoms with Crippen molar-refractivity contribution in [3.63, 3.8) is 0 Å². The minimum absolute atomic E-state index is 0.712. The molecule has 1 aromatic carbocycles. The van der Waals surface area contributed by atoms with Gasteiger partial charge in [0.05, 0.1) is 0 Å². The molecular weight excluding hydrogens is 272 g/mol. The van der Waals surface area contributed by atoms with Crippen molar-refractivity contribution in [3.8, 4) is 0 Å². The van der Waals surface area contributed by atoms with E-state index in [1.165, 1.54) is 24.0 Å². The largest absolute Gasteiger partial charge is 0.356 e. The van der Waals surface area contributed by atoms with Crippen molar-refractivity contribution in [1.82, 2.24) is 15.5 Å². The van der Waals surface area contributed by atoms with Crippen LogP contribution in [0.25, 0.3) is 0 Å². The Balaban J connectivity index is 2.43. The first-order valence-electron chi connectivity index (χ1n) is 8.26. The minimum Gasteiger partial charge on any atom is -0.356 e. The van der Waals surface area contributed by atoms with Gasteiger partial charge in [-0.1, -0.05) is 51.0 Å². The highest BCUT2D eigenvalue weighted by atomic mass is 15.2. The van der Waals surface area contributed by atoms with Gasteiger partial charge < -0.3 is 15.5 Å². The second-order valence-electron chi connectivity index (χ2n) is 6.04. The van der Waals surface area contributed by atoms with Gasteiger partial charge in [0.15, 0.2) is 5.96 Å². The van der Waals surface area contributed by atoms with E-state index in [0.717, 1.165) is 25.6 Å². The van der Waals surface area contributed by atoms with Crippen LogP contribution in [0.15, 0.2) is 29.3 Å². The molecule has 0 bridgehead atoms. The molecule has 0 saturated carbocycles. The van der Waals surface area contributed by atoms with Crippen LogP contribution in [0.2, 0.25) is 0 Å². The topological polar surface area (TPSA) is 39.7 Å². The van der Waals surface area contributed by atoms with Gasteiger partial charge in [-0.3, -0.25) is 4.99 Å². The van der Waals surface area contributed by atoms with Gasteiger partial charge >= 0.3 is 0 Å². The van der Waals surface area contributed by atoms with Crippen molar-refractivity contribution in [2.75, 3.05) is 27.7 Å². The highest BCUT2D eigenvalue weighted by molar-refractivity contribution is 5.79. The van der Waals surface area contributed by atoms with E-state index in [2.05, 4.69) is 72.7 Å². The number of rotatable bonds is 8.